The zero-order valence-corrected chi connectivity index (χ0v) is 12.6. The number of halogens is 2. The molecule has 0 aliphatic carbocycles. The van der Waals surface area contributed by atoms with E-state index in [2.05, 4.69) is 10.6 Å². The molecule has 7 heteroatoms. The van der Waals surface area contributed by atoms with Crippen molar-refractivity contribution < 1.29 is 19.1 Å². The molecule has 2 amide bonds. The maximum absolute atomic E-state index is 13.0. The van der Waals surface area contributed by atoms with Crippen molar-refractivity contribution in [3.8, 4) is 0 Å². The van der Waals surface area contributed by atoms with Crippen LogP contribution < -0.4 is 10.6 Å². The largest absolute Gasteiger partial charge is 0.388 e. The number of anilines is 1. The number of carbonyl (C=O) groups excluding carboxylic acids is 2. The number of hydrogen-bond acceptors (Lipinski definition) is 3. The molecule has 1 rings (SSSR count). The molecule has 0 spiro atoms. The Kier molecular flexibility index (Phi) is 6.11. The van der Waals surface area contributed by atoms with Crippen LogP contribution in [0.15, 0.2) is 18.2 Å². The van der Waals surface area contributed by atoms with E-state index in [1.54, 1.807) is 13.8 Å². The van der Waals surface area contributed by atoms with Crippen LogP contribution in [0.3, 0.4) is 0 Å². The highest BCUT2D eigenvalue weighted by atomic mass is 35.5. The van der Waals surface area contributed by atoms with Crippen molar-refractivity contribution in [1.29, 1.82) is 0 Å². The minimum atomic E-state index is -1.03. The lowest BCUT2D eigenvalue weighted by atomic mass is 9.98. The van der Waals surface area contributed by atoms with E-state index in [-0.39, 0.29) is 17.3 Å². The standard InChI is InChI=1S/C14H18ClFN2O3/c1-3-14(21,4-2)8-17-12(19)13(20)18-9-5-6-11(16)10(15)7-9/h5-7,21H,3-4,8H2,1-2H3,(H,17,19)(H,18,20). The molecule has 0 saturated heterocycles. The number of aliphatic hydroxyl groups is 1. The number of hydrogen-bond donors (Lipinski definition) is 3. The maximum Gasteiger partial charge on any atom is 0.313 e. The Morgan fingerprint density at radius 2 is 1.90 bits per heavy atom. The monoisotopic (exact) mass is 316 g/mol. The SMILES string of the molecule is CCC(O)(CC)CNC(=O)C(=O)Nc1ccc(F)c(Cl)c1. The van der Waals surface area contributed by atoms with Crippen molar-refractivity contribution in [2.75, 3.05) is 11.9 Å². The normalized spacial score (nSPS) is 11.1. The molecule has 0 unspecified atom stereocenters. The van der Waals surface area contributed by atoms with E-state index in [1.807, 2.05) is 0 Å². The van der Waals surface area contributed by atoms with Gasteiger partial charge in [0.2, 0.25) is 0 Å². The molecule has 0 radical (unpaired) electrons. The lowest BCUT2D eigenvalue weighted by Gasteiger charge is -2.25. The van der Waals surface area contributed by atoms with Crippen molar-refractivity contribution in [3.63, 3.8) is 0 Å². The van der Waals surface area contributed by atoms with Gasteiger partial charge >= 0.3 is 11.8 Å². The van der Waals surface area contributed by atoms with Crippen LogP contribution >= 0.6 is 11.6 Å². The Bertz CT molecular complexity index is 533. The second kappa shape index (κ2) is 7.38. The van der Waals surface area contributed by atoms with Gasteiger partial charge in [-0.3, -0.25) is 9.59 Å². The summed E-state index contributed by atoms with van der Waals surface area (Å²) < 4.78 is 13.0. The van der Waals surface area contributed by atoms with Crippen LogP contribution in [-0.4, -0.2) is 29.1 Å². The van der Waals surface area contributed by atoms with E-state index in [1.165, 1.54) is 12.1 Å². The highest BCUT2D eigenvalue weighted by molar-refractivity contribution is 6.39. The smallest absolute Gasteiger partial charge is 0.313 e. The lowest BCUT2D eigenvalue weighted by Crippen LogP contribution is -2.45. The molecule has 0 aliphatic heterocycles. The summed E-state index contributed by atoms with van der Waals surface area (Å²) in [5.41, 5.74) is -0.822. The van der Waals surface area contributed by atoms with Crippen molar-refractivity contribution in [1.82, 2.24) is 5.32 Å². The third kappa shape index (κ3) is 4.99. The first-order valence-electron chi connectivity index (χ1n) is 6.58. The maximum atomic E-state index is 13.0. The highest BCUT2D eigenvalue weighted by Crippen LogP contribution is 2.19. The molecule has 0 aromatic heterocycles. The Hall–Kier alpha value is -1.66. The molecule has 0 bridgehead atoms. The average Bonchev–Trinajstić information content (AvgIpc) is 2.48. The first kappa shape index (κ1) is 17.4. The molecule has 0 saturated carbocycles. The van der Waals surface area contributed by atoms with E-state index < -0.39 is 23.2 Å². The van der Waals surface area contributed by atoms with Gasteiger partial charge in [-0.05, 0) is 31.0 Å². The highest BCUT2D eigenvalue weighted by Gasteiger charge is 2.24. The second-order valence-corrected chi connectivity index (χ2v) is 5.10. The molecule has 3 N–H and O–H groups in total. The van der Waals surface area contributed by atoms with Gasteiger partial charge in [0, 0.05) is 12.2 Å². The van der Waals surface area contributed by atoms with Gasteiger partial charge in [0.15, 0.2) is 0 Å². The third-order valence-electron chi connectivity index (χ3n) is 3.28. The average molecular weight is 317 g/mol. The predicted octanol–water partition coefficient (Wildman–Crippen LogP) is 2.08. The van der Waals surface area contributed by atoms with E-state index in [4.69, 9.17) is 11.6 Å². The van der Waals surface area contributed by atoms with Crippen LogP contribution in [0.5, 0.6) is 0 Å². The van der Waals surface area contributed by atoms with E-state index in [0.717, 1.165) is 6.07 Å². The molecule has 0 aliphatic rings. The number of carbonyl (C=O) groups is 2. The molecular weight excluding hydrogens is 299 g/mol. The van der Waals surface area contributed by atoms with Gasteiger partial charge < -0.3 is 15.7 Å². The predicted molar refractivity (Wildman–Crippen MR) is 78.6 cm³/mol. The van der Waals surface area contributed by atoms with Crippen LogP contribution in [0.1, 0.15) is 26.7 Å². The summed E-state index contributed by atoms with van der Waals surface area (Å²) in [6, 6.07) is 3.58. The Labute approximate surface area is 127 Å². The third-order valence-corrected chi connectivity index (χ3v) is 3.57. The Morgan fingerprint density at radius 3 is 2.43 bits per heavy atom. The molecule has 0 heterocycles. The summed E-state index contributed by atoms with van der Waals surface area (Å²) in [7, 11) is 0. The molecule has 1 aromatic carbocycles. The lowest BCUT2D eigenvalue weighted by molar-refractivity contribution is -0.136. The van der Waals surface area contributed by atoms with Gasteiger partial charge in [-0.25, -0.2) is 4.39 Å². The Balaban J connectivity index is 2.59. The van der Waals surface area contributed by atoms with Gasteiger partial charge in [0.25, 0.3) is 0 Å². The number of nitrogens with one attached hydrogen (secondary N) is 2. The summed E-state index contributed by atoms with van der Waals surface area (Å²) in [6.45, 7) is 3.56. The first-order valence-corrected chi connectivity index (χ1v) is 6.95. The van der Waals surface area contributed by atoms with Crippen LogP contribution in [-0.2, 0) is 9.59 Å². The fourth-order valence-corrected chi connectivity index (χ4v) is 1.77. The van der Waals surface area contributed by atoms with Crippen molar-refractivity contribution in [3.05, 3.63) is 29.0 Å². The molecular formula is C14H18ClFN2O3. The van der Waals surface area contributed by atoms with Crippen molar-refractivity contribution >= 4 is 29.1 Å². The molecule has 0 atom stereocenters. The van der Waals surface area contributed by atoms with Crippen LogP contribution in [0, 0.1) is 5.82 Å². The van der Waals surface area contributed by atoms with Gasteiger partial charge in [-0.15, -0.1) is 0 Å². The minimum absolute atomic E-state index is 0.0174. The van der Waals surface area contributed by atoms with Crippen molar-refractivity contribution in [2.45, 2.75) is 32.3 Å². The summed E-state index contributed by atoms with van der Waals surface area (Å²) in [6.07, 6.45) is 0.915. The van der Waals surface area contributed by atoms with E-state index >= 15 is 0 Å². The zero-order chi connectivity index (χ0) is 16.0. The Morgan fingerprint density at radius 1 is 1.29 bits per heavy atom. The molecule has 116 valence electrons. The van der Waals surface area contributed by atoms with Gasteiger partial charge in [0.05, 0.1) is 10.6 Å². The summed E-state index contributed by atoms with van der Waals surface area (Å²) in [5.74, 6) is -2.40. The van der Waals surface area contributed by atoms with Crippen LogP contribution in [0.2, 0.25) is 5.02 Å². The topological polar surface area (TPSA) is 78.4 Å². The molecule has 1 aromatic rings. The van der Waals surface area contributed by atoms with Crippen LogP contribution in [0.4, 0.5) is 10.1 Å². The zero-order valence-electron chi connectivity index (χ0n) is 11.9. The number of amides is 2. The van der Waals surface area contributed by atoms with E-state index in [0.29, 0.717) is 12.8 Å². The number of benzene rings is 1. The molecule has 5 nitrogen and oxygen atoms in total. The minimum Gasteiger partial charge on any atom is -0.388 e. The van der Waals surface area contributed by atoms with Crippen LogP contribution in [0.25, 0.3) is 0 Å². The van der Waals surface area contributed by atoms with Crippen molar-refractivity contribution in [2.24, 2.45) is 0 Å². The summed E-state index contributed by atoms with van der Waals surface area (Å²) in [4.78, 5) is 23.3. The first-order chi connectivity index (χ1) is 9.81. The molecule has 21 heavy (non-hydrogen) atoms. The molecule has 0 fully saturated rings. The van der Waals surface area contributed by atoms with E-state index in [9.17, 15) is 19.1 Å². The fraction of sp³-hybridized carbons (Fsp3) is 0.429. The summed E-state index contributed by atoms with van der Waals surface area (Å²) >= 11 is 5.58. The summed E-state index contributed by atoms with van der Waals surface area (Å²) in [5, 5.41) is 14.5. The van der Waals surface area contributed by atoms with Gasteiger partial charge in [0.1, 0.15) is 5.82 Å². The quantitative estimate of drug-likeness (QED) is 0.728. The van der Waals surface area contributed by atoms with Gasteiger partial charge in [-0.2, -0.15) is 0 Å². The fourth-order valence-electron chi connectivity index (χ4n) is 1.59. The number of rotatable bonds is 5. The van der Waals surface area contributed by atoms with Gasteiger partial charge in [-0.1, -0.05) is 25.4 Å². The second-order valence-electron chi connectivity index (χ2n) is 4.70.